The average molecular weight is 445 g/mol. The zero-order valence-electron chi connectivity index (χ0n) is 18.9. The summed E-state index contributed by atoms with van der Waals surface area (Å²) in [5, 5.41) is 2.96. The van der Waals surface area contributed by atoms with Gasteiger partial charge in [-0.1, -0.05) is 42.5 Å². The largest absolute Gasteiger partial charge is 0.497 e. The third kappa shape index (κ3) is 5.34. The van der Waals surface area contributed by atoms with Gasteiger partial charge in [-0.25, -0.2) is 0 Å². The molecular weight excluding hydrogens is 416 g/mol. The zero-order chi connectivity index (χ0) is 23.2. The maximum atomic E-state index is 13.1. The van der Waals surface area contributed by atoms with Crippen molar-refractivity contribution in [1.82, 2.24) is 10.2 Å². The summed E-state index contributed by atoms with van der Waals surface area (Å²) >= 11 is 0. The number of benzene rings is 3. The molecule has 4 rings (SSSR count). The number of hydrogen-bond acceptors (Lipinski definition) is 4. The van der Waals surface area contributed by atoms with Crippen molar-refractivity contribution >= 4 is 11.8 Å². The monoisotopic (exact) mass is 444 g/mol. The molecule has 0 aliphatic carbocycles. The maximum absolute atomic E-state index is 13.1. The van der Waals surface area contributed by atoms with Crippen molar-refractivity contribution in [3.05, 3.63) is 83.9 Å². The average Bonchev–Trinajstić information content (AvgIpc) is 3.05. The number of amides is 2. The van der Waals surface area contributed by atoms with Gasteiger partial charge < -0.3 is 19.7 Å². The first-order valence-corrected chi connectivity index (χ1v) is 11.0. The molecule has 6 heteroatoms. The molecule has 33 heavy (non-hydrogen) atoms. The maximum Gasteiger partial charge on any atom is 0.254 e. The molecule has 1 saturated heterocycles. The quantitative estimate of drug-likeness (QED) is 0.628. The second-order valence-corrected chi connectivity index (χ2v) is 8.11. The molecule has 3 aromatic carbocycles. The zero-order valence-corrected chi connectivity index (χ0v) is 18.9. The number of ether oxygens (including phenoxy) is 2. The minimum Gasteiger partial charge on any atom is -0.497 e. The molecule has 0 spiro atoms. The number of rotatable bonds is 6. The van der Waals surface area contributed by atoms with Crippen LogP contribution in [0.15, 0.2) is 72.8 Å². The van der Waals surface area contributed by atoms with E-state index in [9.17, 15) is 9.59 Å². The van der Waals surface area contributed by atoms with Gasteiger partial charge in [0.1, 0.15) is 11.5 Å². The first-order chi connectivity index (χ1) is 16.1. The van der Waals surface area contributed by atoms with Crippen LogP contribution in [0.2, 0.25) is 0 Å². The van der Waals surface area contributed by atoms with Crippen LogP contribution in [0.25, 0.3) is 11.1 Å². The Morgan fingerprint density at radius 2 is 1.61 bits per heavy atom. The molecule has 0 bridgehead atoms. The summed E-state index contributed by atoms with van der Waals surface area (Å²) < 4.78 is 10.6. The number of methoxy groups -OCH3 is 2. The smallest absolute Gasteiger partial charge is 0.254 e. The minimum atomic E-state index is -0.331. The van der Waals surface area contributed by atoms with Crippen molar-refractivity contribution in [2.75, 3.05) is 33.9 Å². The van der Waals surface area contributed by atoms with Crippen molar-refractivity contribution in [1.29, 1.82) is 0 Å². The lowest BCUT2D eigenvalue weighted by atomic mass is 9.95. The van der Waals surface area contributed by atoms with Crippen LogP contribution in [-0.2, 0) is 11.2 Å². The van der Waals surface area contributed by atoms with E-state index in [4.69, 9.17) is 9.47 Å². The second-order valence-electron chi connectivity index (χ2n) is 8.11. The number of carbonyl (C=O) groups is 2. The summed E-state index contributed by atoms with van der Waals surface area (Å²) in [5.41, 5.74) is 3.72. The highest BCUT2D eigenvalue weighted by Crippen LogP contribution is 2.26. The Kier molecular flexibility index (Phi) is 6.93. The van der Waals surface area contributed by atoms with E-state index in [-0.39, 0.29) is 17.7 Å². The first kappa shape index (κ1) is 22.4. The number of nitrogens with one attached hydrogen (secondary N) is 1. The predicted molar refractivity (Wildman–Crippen MR) is 128 cm³/mol. The van der Waals surface area contributed by atoms with Crippen LogP contribution in [0.1, 0.15) is 15.9 Å². The van der Waals surface area contributed by atoms with Gasteiger partial charge >= 0.3 is 0 Å². The van der Waals surface area contributed by atoms with E-state index < -0.39 is 0 Å². The SMILES string of the molecule is COc1cccc(C(=O)N2CCNC(=O)C(Cc3cccc(-c4cccc(OC)c4)c3)C2)c1. The highest BCUT2D eigenvalue weighted by molar-refractivity contribution is 5.95. The molecule has 2 amide bonds. The van der Waals surface area contributed by atoms with Crippen LogP contribution in [0.4, 0.5) is 0 Å². The molecule has 1 heterocycles. The predicted octanol–water partition coefficient (Wildman–Crippen LogP) is 3.80. The van der Waals surface area contributed by atoms with Crippen molar-refractivity contribution in [2.45, 2.75) is 6.42 Å². The minimum absolute atomic E-state index is 0.0253. The van der Waals surface area contributed by atoms with Crippen LogP contribution in [-0.4, -0.2) is 50.6 Å². The van der Waals surface area contributed by atoms with Gasteiger partial charge in [-0.3, -0.25) is 9.59 Å². The molecule has 1 aliphatic heterocycles. The van der Waals surface area contributed by atoms with Crippen molar-refractivity contribution in [3.8, 4) is 22.6 Å². The Morgan fingerprint density at radius 3 is 2.36 bits per heavy atom. The van der Waals surface area contributed by atoms with Gasteiger partial charge in [0.25, 0.3) is 5.91 Å². The Morgan fingerprint density at radius 1 is 0.939 bits per heavy atom. The van der Waals surface area contributed by atoms with E-state index in [0.717, 1.165) is 22.4 Å². The molecule has 0 aromatic heterocycles. The molecule has 0 radical (unpaired) electrons. The Bertz CT molecular complexity index is 1140. The summed E-state index contributed by atoms with van der Waals surface area (Å²) in [6.07, 6.45) is 0.547. The highest BCUT2D eigenvalue weighted by Gasteiger charge is 2.28. The van der Waals surface area contributed by atoms with E-state index >= 15 is 0 Å². The molecule has 1 fully saturated rings. The molecule has 1 aliphatic rings. The second kappa shape index (κ2) is 10.2. The van der Waals surface area contributed by atoms with E-state index in [1.807, 2.05) is 48.5 Å². The third-order valence-corrected chi connectivity index (χ3v) is 5.91. The lowest BCUT2D eigenvalue weighted by Crippen LogP contribution is -2.37. The highest BCUT2D eigenvalue weighted by atomic mass is 16.5. The van der Waals surface area contributed by atoms with E-state index in [1.165, 1.54) is 0 Å². The van der Waals surface area contributed by atoms with E-state index in [1.54, 1.807) is 37.3 Å². The molecule has 1 unspecified atom stereocenters. The molecule has 1 atom stereocenters. The van der Waals surface area contributed by atoms with E-state index in [2.05, 4.69) is 11.4 Å². The number of carbonyl (C=O) groups excluding carboxylic acids is 2. The first-order valence-electron chi connectivity index (χ1n) is 11.0. The van der Waals surface area contributed by atoms with Crippen LogP contribution in [0, 0.1) is 5.92 Å². The summed E-state index contributed by atoms with van der Waals surface area (Å²) in [6.45, 7) is 1.28. The summed E-state index contributed by atoms with van der Waals surface area (Å²) in [7, 11) is 3.23. The molecule has 170 valence electrons. The normalized spacial score (nSPS) is 16.0. The van der Waals surface area contributed by atoms with Crippen molar-refractivity contribution < 1.29 is 19.1 Å². The van der Waals surface area contributed by atoms with Gasteiger partial charge in [-0.05, 0) is 53.4 Å². The summed E-state index contributed by atoms with van der Waals surface area (Å²) in [4.78, 5) is 27.7. The van der Waals surface area contributed by atoms with Crippen molar-refractivity contribution in [2.24, 2.45) is 5.92 Å². The fraction of sp³-hybridized carbons (Fsp3) is 0.259. The summed E-state index contributed by atoms with van der Waals surface area (Å²) in [5.74, 6) is 0.981. The molecular formula is C27H28N2O4. The van der Waals surface area contributed by atoms with E-state index in [0.29, 0.717) is 37.4 Å². The number of nitrogens with zero attached hydrogens (tertiary/aromatic N) is 1. The Hall–Kier alpha value is -3.80. The van der Waals surface area contributed by atoms with Crippen LogP contribution in [0.3, 0.4) is 0 Å². The van der Waals surface area contributed by atoms with Gasteiger partial charge in [0.05, 0.1) is 20.1 Å². The fourth-order valence-electron chi connectivity index (χ4n) is 4.14. The molecule has 6 nitrogen and oxygen atoms in total. The number of hydrogen-bond donors (Lipinski definition) is 1. The van der Waals surface area contributed by atoms with Crippen LogP contribution >= 0.6 is 0 Å². The van der Waals surface area contributed by atoms with Gasteiger partial charge in [-0.2, -0.15) is 0 Å². The van der Waals surface area contributed by atoms with Gasteiger partial charge in [0, 0.05) is 25.2 Å². The standard InChI is InChI=1S/C27H28N2O4/c1-32-24-10-4-8-21(16-24)20-7-3-6-19(14-20)15-23-18-29(13-12-28-26(23)30)27(31)22-9-5-11-25(17-22)33-2/h3-11,14,16-17,23H,12-13,15,18H2,1-2H3,(H,28,30). The topological polar surface area (TPSA) is 67.9 Å². The molecule has 0 saturated carbocycles. The van der Waals surface area contributed by atoms with Crippen molar-refractivity contribution in [3.63, 3.8) is 0 Å². The fourth-order valence-corrected chi connectivity index (χ4v) is 4.14. The third-order valence-electron chi connectivity index (χ3n) is 5.91. The summed E-state index contributed by atoms with van der Waals surface area (Å²) in [6, 6.07) is 23.2. The van der Waals surface area contributed by atoms with Crippen LogP contribution < -0.4 is 14.8 Å². The lowest BCUT2D eigenvalue weighted by molar-refractivity contribution is -0.124. The van der Waals surface area contributed by atoms with Gasteiger partial charge in [0.2, 0.25) is 5.91 Å². The lowest BCUT2D eigenvalue weighted by Gasteiger charge is -2.23. The molecule has 3 aromatic rings. The Labute approximate surface area is 194 Å². The van der Waals surface area contributed by atoms with Gasteiger partial charge in [0.15, 0.2) is 0 Å². The van der Waals surface area contributed by atoms with Crippen LogP contribution in [0.5, 0.6) is 11.5 Å². The molecule has 1 N–H and O–H groups in total. The van der Waals surface area contributed by atoms with Gasteiger partial charge in [-0.15, -0.1) is 0 Å². The Balaban J connectivity index is 1.53.